The molecule has 1 aliphatic carbocycles. The van der Waals surface area contributed by atoms with Crippen molar-refractivity contribution in [3.63, 3.8) is 0 Å². The number of anilines is 4. The molecule has 3 heterocycles. The Morgan fingerprint density at radius 1 is 0.545 bits per heavy atom. The van der Waals surface area contributed by atoms with Crippen molar-refractivity contribution in [3.8, 4) is 11.4 Å². The van der Waals surface area contributed by atoms with Crippen LogP contribution in [0.25, 0.3) is 28.1 Å². The lowest BCUT2D eigenvalue weighted by atomic mass is 9.28. The Morgan fingerprint density at radius 3 is 1.61 bits per heavy atom. The molecule has 6 aromatic carbocycles. The maximum Gasteiger partial charge on any atom is 0.226 e. The van der Waals surface area contributed by atoms with Crippen LogP contribution in [-0.4, -0.2) is 22.3 Å². The molecule has 0 amide bonds. The first kappa shape index (κ1) is 43.8. The van der Waals surface area contributed by atoms with Crippen molar-refractivity contribution >= 4 is 57.1 Å². The lowest BCUT2D eigenvalue weighted by Gasteiger charge is -2.51. The second-order valence-corrected chi connectivity index (χ2v) is 23.5. The molecule has 7 aromatic rings. The second kappa shape index (κ2) is 15.2. The number of hydrogen-bond donors (Lipinski definition) is 0. The van der Waals surface area contributed by atoms with E-state index in [0.717, 1.165) is 28.4 Å². The van der Waals surface area contributed by atoms with Gasteiger partial charge in [-0.3, -0.25) is 4.57 Å². The van der Waals surface area contributed by atoms with Gasteiger partial charge in [-0.1, -0.05) is 162 Å². The lowest BCUT2D eigenvalue weighted by molar-refractivity contribution is 0.589. The molecule has 4 nitrogen and oxygen atoms in total. The van der Waals surface area contributed by atoms with Crippen molar-refractivity contribution in [2.45, 2.75) is 130 Å². The van der Waals surface area contributed by atoms with E-state index in [2.05, 4.69) is 251 Å². The SMILES string of the molecule is Cc1cc(C(C)(C)C)cc(C)c1-c1nc2cc(C(C)(C)C)cc3c2n1C1=CC(N(c2ccccc2)c2ccccc2)=CC2C1B3c1cc(C(C)(C)C)ccc1N2c1ccc(C(C)(C)C)cc1. The van der Waals surface area contributed by atoms with Gasteiger partial charge in [0.15, 0.2) is 0 Å². The number of allylic oxidation sites excluding steroid dienone is 1. The Labute approximate surface area is 395 Å². The van der Waals surface area contributed by atoms with Gasteiger partial charge in [-0.15, -0.1) is 0 Å². The van der Waals surface area contributed by atoms with Gasteiger partial charge in [0.25, 0.3) is 0 Å². The molecular formula is C61H67BN4. The minimum Gasteiger partial charge on any atom is -0.335 e. The van der Waals surface area contributed by atoms with Gasteiger partial charge in [0.2, 0.25) is 6.71 Å². The van der Waals surface area contributed by atoms with Gasteiger partial charge in [0.1, 0.15) is 5.82 Å². The number of fused-ring (bicyclic) bond motifs is 4. The molecule has 2 aliphatic heterocycles. The highest BCUT2D eigenvalue weighted by molar-refractivity contribution is 6.91. The van der Waals surface area contributed by atoms with Crippen molar-refractivity contribution in [2.24, 2.45) is 0 Å². The summed E-state index contributed by atoms with van der Waals surface area (Å²) in [5, 5.41) is 0. The van der Waals surface area contributed by atoms with E-state index < -0.39 is 0 Å². The molecule has 5 heteroatoms. The molecule has 0 bridgehead atoms. The molecule has 0 saturated heterocycles. The Hall–Kier alpha value is -6.07. The number of aryl methyl sites for hydroxylation is 2. The van der Waals surface area contributed by atoms with Gasteiger partial charge in [-0.2, -0.15) is 0 Å². The standard InChI is InChI=1S/C61H67BN4/c1-38-31-42(60(9,10)11)32-39(2)54(38)57-63-50-35-43(61(12,13)14)34-49-56(50)66(57)53-37-47(64(44-21-17-15-18-22-44)45-23-19-16-20-24-45)36-52-55(53)62(49)48-33-41(59(6,7)8)27-30-51(48)65(52)46-28-25-40(26-29-46)58(3,4)5/h15-37,52,55H,1-14H3. The minimum atomic E-state index is -0.0819. The first-order chi connectivity index (χ1) is 31.1. The zero-order valence-electron chi connectivity index (χ0n) is 41.8. The third-order valence-corrected chi connectivity index (χ3v) is 14.7. The Kier molecular flexibility index (Phi) is 10.1. The third-order valence-electron chi connectivity index (χ3n) is 14.7. The molecule has 2 atom stereocenters. The second-order valence-electron chi connectivity index (χ2n) is 23.5. The van der Waals surface area contributed by atoms with Gasteiger partial charge in [0.05, 0.1) is 17.1 Å². The van der Waals surface area contributed by atoms with E-state index in [-0.39, 0.29) is 40.2 Å². The summed E-state index contributed by atoms with van der Waals surface area (Å²) < 4.78 is 2.61. The highest BCUT2D eigenvalue weighted by Crippen LogP contribution is 2.52. The molecule has 334 valence electrons. The fourth-order valence-corrected chi connectivity index (χ4v) is 11.0. The summed E-state index contributed by atoms with van der Waals surface area (Å²) in [6.45, 7) is 32.6. The molecule has 0 saturated carbocycles. The quantitative estimate of drug-likeness (QED) is 0.161. The summed E-state index contributed by atoms with van der Waals surface area (Å²) >= 11 is 0. The van der Waals surface area contributed by atoms with Crippen molar-refractivity contribution in [1.29, 1.82) is 0 Å². The average molecular weight is 867 g/mol. The monoisotopic (exact) mass is 867 g/mol. The normalized spacial score (nSPS) is 17.1. The van der Waals surface area contributed by atoms with Crippen LogP contribution in [0.5, 0.6) is 0 Å². The number of nitrogens with zero attached hydrogens (tertiary/aromatic N) is 4. The summed E-state index contributed by atoms with van der Waals surface area (Å²) in [5.41, 5.74) is 21.2. The van der Waals surface area contributed by atoms with Crippen LogP contribution >= 0.6 is 0 Å². The van der Waals surface area contributed by atoms with E-state index in [4.69, 9.17) is 4.98 Å². The first-order valence-corrected chi connectivity index (χ1v) is 24.2. The number of benzene rings is 6. The van der Waals surface area contributed by atoms with Gasteiger partial charge < -0.3 is 9.80 Å². The van der Waals surface area contributed by atoms with Crippen molar-refractivity contribution in [1.82, 2.24) is 9.55 Å². The van der Waals surface area contributed by atoms with E-state index in [1.54, 1.807) is 0 Å². The van der Waals surface area contributed by atoms with Gasteiger partial charge in [-0.05, 0) is 140 Å². The van der Waals surface area contributed by atoms with E-state index in [1.807, 2.05) is 0 Å². The minimum absolute atomic E-state index is 0.0225. The molecular weight excluding hydrogens is 800 g/mol. The summed E-state index contributed by atoms with van der Waals surface area (Å²) in [7, 11) is 0. The number of rotatable bonds is 5. The molecule has 0 radical (unpaired) electrons. The Morgan fingerprint density at radius 2 is 1.06 bits per heavy atom. The first-order valence-electron chi connectivity index (χ1n) is 24.2. The maximum atomic E-state index is 5.83. The van der Waals surface area contributed by atoms with Crippen molar-refractivity contribution < 1.29 is 0 Å². The predicted molar refractivity (Wildman–Crippen MR) is 284 cm³/mol. The molecule has 66 heavy (non-hydrogen) atoms. The molecule has 0 fully saturated rings. The average Bonchev–Trinajstić information content (AvgIpc) is 3.63. The highest BCUT2D eigenvalue weighted by Gasteiger charge is 2.52. The number of hydrogen-bond acceptors (Lipinski definition) is 3. The van der Waals surface area contributed by atoms with E-state index >= 15 is 0 Å². The van der Waals surface area contributed by atoms with Crippen LogP contribution in [0.3, 0.4) is 0 Å². The number of imidazole rings is 1. The van der Waals surface area contributed by atoms with Gasteiger partial charge in [0, 0.05) is 45.5 Å². The third kappa shape index (κ3) is 7.25. The van der Waals surface area contributed by atoms with Gasteiger partial charge >= 0.3 is 0 Å². The fourth-order valence-electron chi connectivity index (χ4n) is 11.0. The number of para-hydroxylation sites is 2. The van der Waals surface area contributed by atoms with E-state index in [9.17, 15) is 0 Å². The predicted octanol–water partition coefficient (Wildman–Crippen LogP) is 14.6. The largest absolute Gasteiger partial charge is 0.335 e. The molecule has 0 spiro atoms. The van der Waals surface area contributed by atoms with Gasteiger partial charge in [-0.25, -0.2) is 4.98 Å². The van der Waals surface area contributed by atoms with Crippen LogP contribution in [0, 0.1) is 13.8 Å². The Balaban J connectivity index is 1.36. The molecule has 10 rings (SSSR count). The molecule has 0 N–H and O–H groups in total. The van der Waals surface area contributed by atoms with E-state index in [0.29, 0.717) is 0 Å². The van der Waals surface area contributed by atoms with Crippen LogP contribution in [0.1, 0.15) is 116 Å². The summed E-state index contributed by atoms with van der Waals surface area (Å²) in [4.78, 5) is 11.0. The zero-order chi connectivity index (χ0) is 46.8. The van der Waals surface area contributed by atoms with Crippen LogP contribution in [-0.2, 0) is 21.7 Å². The smallest absolute Gasteiger partial charge is 0.226 e. The topological polar surface area (TPSA) is 24.3 Å². The molecule has 3 aliphatic rings. The summed E-state index contributed by atoms with van der Waals surface area (Å²) in [5.74, 6) is 1.08. The zero-order valence-corrected chi connectivity index (χ0v) is 41.8. The fraction of sp³-hybridized carbons (Fsp3) is 0.328. The lowest BCUT2D eigenvalue weighted by Crippen LogP contribution is -2.61. The summed E-state index contributed by atoms with van der Waals surface area (Å²) in [6.07, 6.45) is 5.10. The van der Waals surface area contributed by atoms with Crippen LogP contribution in [0.15, 0.2) is 145 Å². The van der Waals surface area contributed by atoms with Crippen molar-refractivity contribution in [2.75, 3.05) is 9.80 Å². The maximum absolute atomic E-state index is 5.83. The molecule has 2 unspecified atom stereocenters. The molecule has 1 aromatic heterocycles. The van der Waals surface area contributed by atoms with Crippen LogP contribution < -0.4 is 20.7 Å². The summed E-state index contributed by atoms with van der Waals surface area (Å²) in [6, 6.07) is 48.4. The van der Waals surface area contributed by atoms with E-state index in [1.165, 1.54) is 72.5 Å². The highest BCUT2D eigenvalue weighted by atomic mass is 15.2. The van der Waals surface area contributed by atoms with Crippen LogP contribution in [0.2, 0.25) is 5.82 Å². The van der Waals surface area contributed by atoms with Crippen molar-refractivity contribution in [3.05, 3.63) is 179 Å². The number of aromatic nitrogens is 2. The van der Waals surface area contributed by atoms with Crippen LogP contribution in [0.4, 0.5) is 22.7 Å². The Bertz CT molecular complexity index is 3020.